The quantitative estimate of drug-likeness (QED) is 0.219. The fourth-order valence-electron chi connectivity index (χ4n) is 3.83. The van der Waals surface area contributed by atoms with Crippen molar-refractivity contribution in [1.29, 1.82) is 5.41 Å². The first-order valence-corrected chi connectivity index (χ1v) is 13.7. The number of fused-ring (bicyclic) bond motifs is 1. The second kappa shape index (κ2) is 10.9. The molecule has 1 N–H and O–H groups in total. The lowest BCUT2D eigenvalue weighted by Crippen LogP contribution is -2.38. The van der Waals surface area contributed by atoms with Crippen LogP contribution in [-0.2, 0) is 11.4 Å². The van der Waals surface area contributed by atoms with Gasteiger partial charge in [-0.3, -0.25) is 15.1 Å². The number of halogens is 3. The maximum atomic E-state index is 12.9. The van der Waals surface area contributed by atoms with Crippen LogP contribution in [0.25, 0.3) is 11.8 Å². The summed E-state index contributed by atoms with van der Waals surface area (Å²) in [5.74, 6) is 0.649. The van der Waals surface area contributed by atoms with Crippen LogP contribution >= 0.6 is 57.6 Å². The second-order valence-electron chi connectivity index (χ2n) is 7.99. The number of rotatable bonds is 6. The Labute approximate surface area is 241 Å². The van der Waals surface area contributed by atoms with Crippen LogP contribution < -0.4 is 9.47 Å². The highest BCUT2D eigenvalue weighted by Crippen LogP contribution is 2.39. The Morgan fingerprint density at radius 3 is 2.65 bits per heavy atom. The van der Waals surface area contributed by atoms with Crippen molar-refractivity contribution in [3.05, 3.63) is 102 Å². The molecule has 0 aromatic heterocycles. The molecule has 2 aliphatic heterocycles. The van der Waals surface area contributed by atoms with Crippen molar-refractivity contribution < 1.29 is 14.3 Å². The van der Waals surface area contributed by atoms with Crippen molar-refractivity contribution in [2.75, 3.05) is 7.11 Å². The topological polar surface area (TPSA) is 75.0 Å². The van der Waals surface area contributed by atoms with Crippen molar-refractivity contribution in [3.8, 4) is 11.5 Å². The Balaban J connectivity index is 1.44. The molecule has 0 unspecified atom stereocenters. The van der Waals surface area contributed by atoms with Gasteiger partial charge in [0.05, 0.1) is 22.0 Å². The molecule has 0 bridgehead atoms. The van der Waals surface area contributed by atoms with E-state index in [-0.39, 0.29) is 18.0 Å². The summed E-state index contributed by atoms with van der Waals surface area (Å²) >= 11 is 15.8. The van der Waals surface area contributed by atoms with Gasteiger partial charge in [0, 0.05) is 21.0 Å². The number of amides is 1. The highest BCUT2D eigenvalue weighted by Gasteiger charge is 2.36. The number of ether oxygens (including phenoxy) is 2. The van der Waals surface area contributed by atoms with E-state index in [0.717, 1.165) is 20.4 Å². The zero-order valence-corrected chi connectivity index (χ0v) is 23.8. The van der Waals surface area contributed by atoms with Crippen molar-refractivity contribution in [1.82, 2.24) is 4.90 Å². The average molecular weight is 662 g/mol. The third kappa shape index (κ3) is 5.29. The van der Waals surface area contributed by atoms with Gasteiger partial charge in [0.25, 0.3) is 5.91 Å². The Morgan fingerprint density at radius 2 is 1.92 bits per heavy atom. The third-order valence-corrected chi connectivity index (χ3v) is 7.85. The summed E-state index contributed by atoms with van der Waals surface area (Å²) in [6, 6.07) is 18.6. The number of thioether (sulfide) groups is 1. The Kier molecular flexibility index (Phi) is 7.62. The Morgan fingerprint density at radius 1 is 1.14 bits per heavy atom. The summed E-state index contributed by atoms with van der Waals surface area (Å²) < 4.78 is 12.4. The standard InChI is InChI=1S/C27H18Cl2IN3O3S/c1-35-23-11-15(10-21(30)24(23)36-13-17-7-8-18(28)12-20(17)29)9-19-25(31)33-22(16-5-3-2-4-6-16)14-37-27(33)32-26(19)34/h2-12,14,31H,13H2,1H3/b19-9-,31-25?. The van der Waals surface area contributed by atoms with Crippen LogP contribution in [0.15, 0.2) is 76.6 Å². The molecule has 0 fully saturated rings. The summed E-state index contributed by atoms with van der Waals surface area (Å²) in [4.78, 5) is 18.8. The van der Waals surface area contributed by atoms with Crippen LogP contribution in [0.1, 0.15) is 16.7 Å². The highest BCUT2D eigenvalue weighted by molar-refractivity contribution is 14.1. The smallest absolute Gasteiger partial charge is 0.283 e. The fourth-order valence-corrected chi connectivity index (χ4v) is 5.97. The molecule has 5 rings (SSSR count). The monoisotopic (exact) mass is 661 g/mol. The minimum absolute atomic E-state index is 0.0711. The molecule has 0 atom stereocenters. The molecule has 37 heavy (non-hydrogen) atoms. The minimum atomic E-state index is -0.460. The maximum absolute atomic E-state index is 12.9. The van der Waals surface area contributed by atoms with E-state index in [4.69, 9.17) is 38.1 Å². The number of benzene rings is 3. The molecule has 3 aromatic rings. The van der Waals surface area contributed by atoms with E-state index in [2.05, 4.69) is 27.6 Å². The van der Waals surface area contributed by atoms with Gasteiger partial charge >= 0.3 is 0 Å². The van der Waals surface area contributed by atoms with Crippen LogP contribution in [0.4, 0.5) is 0 Å². The molecular weight excluding hydrogens is 644 g/mol. The van der Waals surface area contributed by atoms with Crippen LogP contribution in [0, 0.1) is 8.98 Å². The van der Waals surface area contributed by atoms with E-state index in [1.165, 1.54) is 11.8 Å². The average Bonchev–Trinajstić information content (AvgIpc) is 3.31. The van der Waals surface area contributed by atoms with E-state index >= 15 is 0 Å². The molecule has 0 radical (unpaired) electrons. The normalized spacial score (nSPS) is 16.0. The molecule has 6 nitrogen and oxygen atoms in total. The lowest BCUT2D eigenvalue weighted by molar-refractivity contribution is -0.114. The zero-order valence-electron chi connectivity index (χ0n) is 19.3. The summed E-state index contributed by atoms with van der Waals surface area (Å²) in [5, 5.41) is 12.3. The molecule has 0 aliphatic carbocycles. The first-order chi connectivity index (χ1) is 17.9. The number of nitrogens with zero attached hydrogens (tertiary/aromatic N) is 2. The van der Waals surface area contributed by atoms with E-state index in [0.29, 0.717) is 32.3 Å². The fraction of sp³-hybridized carbons (Fsp3) is 0.0741. The van der Waals surface area contributed by atoms with Gasteiger partial charge in [0.1, 0.15) is 12.4 Å². The number of carbonyl (C=O) groups excluding carboxylic acids is 1. The molecule has 2 aliphatic rings. The van der Waals surface area contributed by atoms with Gasteiger partial charge in [-0.2, -0.15) is 4.99 Å². The number of hydrogen-bond donors (Lipinski definition) is 1. The largest absolute Gasteiger partial charge is 0.493 e. The lowest BCUT2D eigenvalue weighted by Gasteiger charge is -2.27. The SMILES string of the molecule is COc1cc(/C=C2/C(=N)N3C(c4ccccc4)=CSC3=NC2=O)cc(I)c1OCc1ccc(Cl)cc1Cl. The van der Waals surface area contributed by atoms with Gasteiger partial charge in [-0.1, -0.05) is 71.4 Å². The second-order valence-corrected chi connectivity index (χ2v) is 10.8. The van der Waals surface area contributed by atoms with Crippen molar-refractivity contribution in [2.45, 2.75) is 6.61 Å². The van der Waals surface area contributed by atoms with Crippen molar-refractivity contribution in [2.24, 2.45) is 4.99 Å². The van der Waals surface area contributed by atoms with E-state index in [9.17, 15) is 4.79 Å². The van der Waals surface area contributed by atoms with Gasteiger partial charge in [-0.25, -0.2) is 0 Å². The first-order valence-electron chi connectivity index (χ1n) is 11.0. The lowest BCUT2D eigenvalue weighted by atomic mass is 10.1. The summed E-state index contributed by atoms with van der Waals surface area (Å²) in [7, 11) is 1.55. The van der Waals surface area contributed by atoms with Gasteiger partial charge in [-0.15, -0.1) is 0 Å². The molecular formula is C27H18Cl2IN3O3S. The van der Waals surface area contributed by atoms with Crippen LogP contribution in [0.3, 0.4) is 0 Å². The van der Waals surface area contributed by atoms with Crippen molar-refractivity contribution in [3.63, 3.8) is 0 Å². The zero-order chi connectivity index (χ0) is 26.1. The number of hydrogen-bond acceptors (Lipinski definition) is 5. The van der Waals surface area contributed by atoms with Crippen molar-refractivity contribution >= 4 is 86.2 Å². The molecule has 10 heteroatoms. The Bertz CT molecular complexity index is 1520. The predicted octanol–water partition coefficient (Wildman–Crippen LogP) is 7.49. The third-order valence-electron chi connectivity index (χ3n) is 5.63. The highest BCUT2D eigenvalue weighted by atomic mass is 127. The minimum Gasteiger partial charge on any atom is -0.493 e. The van der Waals surface area contributed by atoms with Crippen LogP contribution in [0.5, 0.6) is 11.5 Å². The van der Waals surface area contributed by atoms with Crippen LogP contribution in [0.2, 0.25) is 10.0 Å². The molecule has 0 saturated carbocycles. The summed E-state index contributed by atoms with van der Waals surface area (Å²) in [6.45, 7) is 0.227. The summed E-state index contributed by atoms with van der Waals surface area (Å²) in [6.07, 6.45) is 1.65. The van der Waals surface area contributed by atoms with Gasteiger partial charge in [0.2, 0.25) is 0 Å². The first kappa shape index (κ1) is 25.8. The van der Waals surface area contributed by atoms with Gasteiger partial charge in [0.15, 0.2) is 16.7 Å². The molecule has 0 spiro atoms. The molecule has 1 amide bonds. The number of amidine groups is 2. The van der Waals surface area contributed by atoms with E-state index in [1.54, 1.807) is 36.3 Å². The maximum Gasteiger partial charge on any atom is 0.283 e. The number of nitrogens with one attached hydrogen (secondary N) is 1. The Hall–Kier alpha value is -2.79. The number of aliphatic imine (C=N–C) groups is 1. The van der Waals surface area contributed by atoms with E-state index in [1.807, 2.05) is 47.9 Å². The molecule has 0 saturated heterocycles. The van der Waals surface area contributed by atoms with Gasteiger partial charge in [-0.05, 0) is 64.1 Å². The molecule has 3 aromatic carbocycles. The number of methoxy groups -OCH3 is 1. The van der Waals surface area contributed by atoms with Gasteiger partial charge < -0.3 is 9.47 Å². The van der Waals surface area contributed by atoms with E-state index < -0.39 is 5.91 Å². The predicted molar refractivity (Wildman–Crippen MR) is 158 cm³/mol. The molecule has 186 valence electrons. The number of carbonyl (C=O) groups is 1. The molecule has 2 heterocycles. The van der Waals surface area contributed by atoms with Crippen LogP contribution in [-0.4, -0.2) is 28.9 Å². The summed E-state index contributed by atoms with van der Waals surface area (Å²) in [5.41, 5.74) is 3.41.